The maximum absolute atomic E-state index is 6.38. The molecule has 0 atom stereocenters. The number of imidazole rings is 1. The van der Waals surface area contributed by atoms with Gasteiger partial charge in [0.25, 0.3) is 0 Å². The number of rotatable bonds is 8. The van der Waals surface area contributed by atoms with Gasteiger partial charge < -0.3 is 8.98 Å². The predicted molar refractivity (Wildman–Crippen MR) is 202 cm³/mol. The van der Waals surface area contributed by atoms with Crippen LogP contribution in [0.4, 0.5) is 17.2 Å². The maximum atomic E-state index is 6.38. The lowest BCUT2D eigenvalue weighted by Gasteiger charge is -2.25. The molecular formula is C44H38N4O. The van der Waals surface area contributed by atoms with Crippen molar-refractivity contribution in [2.75, 3.05) is 4.90 Å². The molecule has 0 aliphatic rings. The molecule has 0 aliphatic carbocycles. The number of furan rings is 1. The fourth-order valence-corrected chi connectivity index (χ4v) is 6.85. The Bertz CT molecular complexity index is 2390. The summed E-state index contributed by atoms with van der Waals surface area (Å²) in [5.41, 5.74) is 11.4. The minimum absolute atomic E-state index is 0.393. The second-order valence-corrected chi connectivity index (χ2v) is 13.1. The van der Waals surface area contributed by atoms with Crippen molar-refractivity contribution in [3.63, 3.8) is 0 Å². The SMILES string of the molecule is CC(C)c1cccc(C(C)C)c1-n1cnc(-c2cccc(N(c3ccccc3)c3cccc(-c4cccc5c4oc4ccccc45)n3)c2)c1. The van der Waals surface area contributed by atoms with Crippen LogP contribution >= 0.6 is 0 Å². The molecule has 8 rings (SSSR count). The van der Waals surface area contributed by atoms with E-state index in [9.17, 15) is 0 Å². The molecule has 5 nitrogen and oxygen atoms in total. The van der Waals surface area contributed by atoms with E-state index in [2.05, 4.69) is 153 Å². The zero-order chi connectivity index (χ0) is 33.5. The highest BCUT2D eigenvalue weighted by Crippen LogP contribution is 2.39. The van der Waals surface area contributed by atoms with E-state index in [0.29, 0.717) is 11.8 Å². The van der Waals surface area contributed by atoms with E-state index in [0.717, 1.165) is 61.6 Å². The molecule has 5 heteroatoms. The van der Waals surface area contributed by atoms with E-state index in [1.807, 2.05) is 30.6 Å². The predicted octanol–water partition coefficient (Wildman–Crippen LogP) is 12.2. The van der Waals surface area contributed by atoms with Gasteiger partial charge in [0.1, 0.15) is 17.0 Å². The summed E-state index contributed by atoms with van der Waals surface area (Å²) in [6.45, 7) is 9.01. The van der Waals surface area contributed by atoms with Crippen molar-refractivity contribution in [2.24, 2.45) is 0 Å². The molecule has 49 heavy (non-hydrogen) atoms. The maximum Gasteiger partial charge on any atom is 0.144 e. The standard InChI is InChI=1S/C44H38N4O/c1-29(2)34-19-11-20-35(30(3)4)43(34)47-27-40(45-28-47)31-14-10-17-33(26-31)48(32-15-6-5-7-16-32)42-25-13-23-39(46-42)38-22-12-21-37-36-18-8-9-24-41(36)49-44(37)38/h5-30H,1-4H3. The number of aromatic nitrogens is 3. The Morgan fingerprint density at radius 2 is 1.29 bits per heavy atom. The number of hydrogen-bond donors (Lipinski definition) is 0. The average molecular weight is 639 g/mol. The van der Waals surface area contributed by atoms with Crippen molar-refractivity contribution in [1.82, 2.24) is 14.5 Å². The van der Waals surface area contributed by atoms with Gasteiger partial charge in [0.2, 0.25) is 0 Å². The number of fused-ring (bicyclic) bond motifs is 3. The molecule has 3 aromatic heterocycles. The van der Waals surface area contributed by atoms with Crippen molar-refractivity contribution >= 4 is 39.1 Å². The van der Waals surface area contributed by atoms with Crippen molar-refractivity contribution in [3.05, 3.63) is 157 Å². The van der Waals surface area contributed by atoms with Gasteiger partial charge in [-0.3, -0.25) is 4.90 Å². The molecule has 0 bridgehead atoms. The summed E-state index contributed by atoms with van der Waals surface area (Å²) in [4.78, 5) is 12.4. The van der Waals surface area contributed by atoms with Gasteiger partial charge in [0, 0.05) is 39.5 Å². The van der Waals surface area contributed by atoms with E-state index < -0.39 is 0 Å². The van der Waals surface area contributed by atoms with Crippen LogP contribution in [0, 0.1) is 0 Å². The molecule has 5 aromatic carbocycles. The molecule has 0 unspecified atom stereocenters. The number of para-hydroxylation sites is 4. The highest BCUT2D eigenvalue weighted by molar-refractivity contribution is 6.09. The van der Waals surface area contributed by atoms with Gasteiger partial charge in [0.05, 0.1) is 23.4 Å². The Hall–Kier alpha value is -5.94. The smallest absolute Gasteiger partial charge is 0.144 e. The molecule has 0 N–H and O–H groups in total. The van der Waals surface area contributed by atoms with Crippen LogP contribution in [0.5, 0.6) is 0 Å². The molecule has 240 valence electrons. The third kappa shape index (κ3) is 5.57. The first kappa shape index (κ1) is 30.4. The minimum Gasteiger partial charge on any atom is -0.455 e. The normalized spacial score (nSPS) is 11.6. The number of benzene rings is 5. The van der Waals surface area contributed by atoms with Crippen LogP contribution in [0.1, 0.15) is 50.7 Å². The number of nitrogens with zero attached hydrogens (tertiary/aromatic N) is 4. The van der Waals surface area contributed by atoms with E-state index in [1.165, 1.54) is 16.8 Å². The third-order valence-corrected chi connectivity index (χ3v) is 9.24. The molecule has 0 amide bonds. The van der Waals surface area contributed by atoms with Gasteiger partial charge in [-0.1, -0.05) is 113 Å². The minimum atomic E-state index is 0.393. The van der Waals surface area contributed by atoms with Gasteiger partial charge in [-0.05, 0) is 71.5 Å². The number of anilines is 3. The van der Waals surface area contributed by atoms with Crippen molar-refractivity contribution < 1.29 is 4.42 Å². The number of pyridine rings is 1. The van der Waals surface area contributed by atoms with Crippen LogP contribution in [0.25, 0.3) is 50.1 Å². The zero-order valence-electron chi connectivity index (χ0n) is 28.2. The summed E-state index contributed by atoms with van der Waals surface area (Å²) in [5.74, 6) is 1.60. The van der Waals surface area contributed by atoms with Gasteiger partial charge in [0.15, 0.2) is 0 Å². The Kier molecular flexibility index (Phi) is 7.81. The summed E-state index contributed by atoms with van der Waals surface area (Å²) in [6, 6.07) is 46.2. The highest BCUT2D eigenvalue weighted by atomic mass is 16.3. The molecule has 0 saturated heterocycles. The second kappa shape index (κ2) is 12.6. The van der Waals surface area contributed by atoms with Crippen LogP contribution in [0.15, 0.2) is 150 Å². The average Bonchev–Trinajstić information content (AvgIpc) is 3.78. The molecular weight excluding hydrogens is 601 g/mol. The highest BCUT2D eigenvalue weighted by Gasteiger charge is 2.19. The largest absolute Gasteiger partial charge is 0.455 e. The van der Waals surface area contributed by atoms with E-state index in [1.54, 1.807) is 0 Å². The fourth-order valence-electron chi connectivity index (χ4n) is 6.85. The van der Waals surface area contributed by atoms with E-state index >= 15 is 0 Å². The fraction of sp³-hybridized carbons (Fsp3) is 0.136. The summed E-state index contributed by atoms with van der Waals surface area (Å²) in [7, 11) is 0. The van der Waals surface area contributed by atoms with Crippen LogP contribution in [-0.2, 0) is 0 Å². The van der Waals surface area contributed by atoms with Gasteiger partial charge in [-0.15, -0.1) is 0 Å². The summed E-state index contributed by atoms with van der Waals surface area (Å²) in [5, 5.41) is 2.19. The topological polar surface area (TPSA) is 47.1 Å². The first-order valence-electron chi connectivity index (χ1n) is 17.0. The molecule has 8 aromatic rings. The Morgan fingerprint density at radius 1 is 0.612 bits per heavy atom. The van der Waals surface area contributed by atoms with E-state index in [4.69, 9.17) is 14.4 Å². The van der Waals surface area contributed by atoms with Crippen molar-refractivity contribution in [3.8, 4) is 28.2 Å². The summed E-state index contributed by atoms with van der Waals surface area (Å²) >= 11 is 0. The molecule has 0 radical (unpaired) electrons. The third-order valence-electron chi connectivity index (χ3n) is 9.24. The van der Waals surface area contributed by atoms with Crippen LogP contribution in [0.3, 0.4) is 0 Å². The van der Waals surface area contributed by atoms with E-state index in [-0.39, 0.29) is 0 Å². The Morgan fingerprint density at radius 3 is 2.08 bits per heavy atom. The van der Waals surface area contributed by atoms with Gasteiger partial charge >= 0.3 is 0 Å². The van der Waals surface area contributed by atoms with Crippen LogP contribution in [-0.4, -0.2) is 14.5 Å². The van der Waals surface area contributed by atoms with Gasteiger partial charge in [-0.25, -0.2) is 9.97 Å². The molecule has 0 fully saturated rings. The Balaban J connectivity index is 1.22. The van der Waals surface area contributed by atoms with Crippen molar-refractivity contribution in [1.29, 1.82) is 0 Å². The number of hydrogen-bond acceptors (Lipinski definition) is 4. The monoisotopic (exact) mass is 638 g/mol. The Labute approximate surface area is 287 Å². The lowest BCUT2D eigenvalue weighted by molar-refractivity contribution is 0.670. The first-order valence-corrected chi connectivity index (χ1v) is 17.0. The molecule has 0 spiro atoms. The first-order chi connectivity index (χ1) is 24.0. The quantitative estimate of drug-likeness (QED) is 0.166. The second-order valence-electron chi connectivity index (χ2n) is 13.1. The lowest BCUT2D eigenvalue weighted by Crippen LogP contribution is -2.11. The summed E-state index contributed by atoms with van der Waals surface area (Å²) in [6.07, 6.45) is 4.11. The molecule has 3 heterocycles. The van der Waals surface area contributed by atoms with Crippen LogP contribution < -0.4 is 4.90 Å². The van der Waals surface area contributed by atoms with Crippen LogP contribution in [0.2, 0.25) is 0 Å². The molecule has 0 saturated carbocycles. The van der Waals surface area contributed by atoms with Gasteiger partial charge in [-0.2, -0.15) is 0 Å². The molecule has 0 aliphatic heterocycles. The summed E-state index contributed by atoms with van der Waals surface area (Å²) < 4.78 is 8.58. The lowest BCUT2D eigenvalue weighted by atomic mass is 9.92. The van der Waals surface area contributed by atoms with Crippen molar-refractivity contribution in [2.45, 2.75) is 39.5 Å². The zero-order valence-corrected chi connectivity index (χ0v) is 28.2.